The van der Waals surface area contributed by atoms with Crippen molar-refractivity contribution in [2.45, 2.75) is 58.9 Å². The van der Waals surface area contributed by atoms with Crippen LogP contribution < -0.4 is 5.73 Å². The van der Waals surface area contributed by atoms with Crippen LogP contribution in [0.3, 0.4) is 0 Å². The molecule has 2 nitrogen and oxygen atoms in total. The summed E-state index contributed by atoms with van der Waals surface area (Å²) in [5.41, 5.74) is 5.70. The molecule has 0 saturated heterocycles. The third-order valence-corrected chi connectivity index (χ3v) is 2.37. The first kappa shape index (κ1) is 12.6. The lowest BCUT2D eigenvalue weighted by molar-refractivity contribution is -0.120. The smallest absolute Gasteiger partial charge is 0.134 e. The van der Waals surface area contributed by atoms with Crippen LogP contribution in [0.4, 0.5) is 0 Å². The second-order valence-corrected chi connectivity index (χ2v) is 4.01. The van der Waals surface area contributed by atoms with Gasteiger partial charge >= 0.3 is 0 Å². The van der Waals surface area contributed by atoms with Crippen LogP contribution in [0.15, 0.2) is 0 Å². The Balaban J connectivity index is 3.61. The third kappa shape index (κ3) is 6.76. The zero-order valence-electron chi connectivity index (χ0n) is 9.18. The fraction of sp³-hybridized carbons (Fsp3) is 0.909. The lowest BCUT2D eigenvalue weighted by Crippen LogP contribution is -2.23. The van der Waals surface area contributed by atoms with Crippen molar-refractivity contribution >= 4 is 5.78 Å². The van der Waals surface area contributed by atoms with Crippen LogP contribution in [0, 0.1) is 5.92 Å². The van der Waals surface area contributed by atoms with Crippen molar-refractivity contribution in [2.75, 3.05) is 0 Å². The number of ketones is 1. The Morgan fingerprint density at radius 1 is 1.31 bits per heavy atom. The number of carbonyl (C=O) groups excluding carboxylic acids is 1. The first-order valence-corrected chi connectivity index (χ1v) is 5.37. The molecule has 2 N–H and O–H groups in total. The highest BCUT2D eigenvalue weighted by Gasteiger charge is 2.11. The number of hydrogen-bond donors (Lipinski definition) is 1. The van der Waals surface area contributed by atoms with Gasteiger partial charge in [0.25, 0.3) is 0 Å². The van der Waals surface area contributed by atoms with Crippen molar-refractivity contribution in [3.8, 4) is 0 Å². The number of rotatable bonds is 7. The Kier molecular flexibility index (Phi) is 6.87. The molecular weight excluding hydrogens is 162 g/mol. The number of Topliss-reactive ketones (excluding diaryl/α,β-unsaturated/α-hetero) is 1. The molecule has 78 valence electrons. The van der Waals surface area contributed by atoms with Gasteiger partial charge in [-0.25, -0.2) is 0 Å². The van der Waals surface area contributed by atoms with Crippen molar-refractivity contribution in [1.29, 1.82) is 0 Å². The predicted molar refractivity (Wildman–Crippen MR) is 56.6 cm³/mol. The van der Waals surface area contributed by atoms with E-state index in [1.54, 1.807) is 0 Å². The first-order valence-electron chi connectivity index (χ1n) is 5.37. The van der Waals surface area contributed by atoms with Crippen LogP contribution in [0.25, 0.3) is 0 Å². The summed E-state index contributed by atoms with van der Waals surface area (Å²) in [4.78, 5) is 11.4. The van der Waals surface area contributed by atoms with E-state index < -0.39 is 0 Å². The molecule has 0 aliphatic carbocycles. The average Bonchev–Trinajstić information content (AvgIpc) is 2.04. The summed E-state index contributed by atoms with van der Waals surface area (Å²) in [6.07, 6.45) is 4.47. The summed E-state index contributed by atoms with van der Waals surface area (Å²) < 4.78 is 0. The molecular formula is C11H23NO. The second-order valence-electron chi connectivity index (χ2n) is 4.01. The molecule has 0 aromatic carbocycles. The van der Waals surface area contributed by atoms with Gasteiger partial charge in [-0.3, -0.25) is 4.79 Å². The van der Waals surface area contributed by atoms with E-state index in [4.69, 9.17) is 5.73 Å². The van der Waals surface area contributed by atoms with Crippen molar-refractivity contribution in [3.63, 3.8) is 0 Å². The number of carbonyl (C=O) groups is 1. The van der Waals surface area contributed by atoms with Crippen molar-refractivity contribution < 1.29 is 4.79 Å². The zero-order valence-corrected chi connectivity index (χ0v) is 9.18. The molecule has 0 rings (SSSR count). The van der Waals surface area contributed by atoms with E-state index in [1.807, 2.05) is 6.92 Å². The Morgan fingerprint density at radius 2 is 1.92 bits per heavy atom. The molecule has 0 aliphatic heterocycles. The largest absolute Gasteiger partial charge is 0.327 e. The second kappa shape index (κ2) is 7.07. The van der Waals surface area contributed by atoms with Crippen LogP contribution >= 0.6 is 0 Å². The quantitative estimate of drug-likeness (QED) is 0.662. The highest BCUT2D eigenvalue weighted by Crippen LogP contribution is 2.12. The standard InChI is InChI=1S/C11H23NO/c1-4-6-9(3)7-11(13)8-10(12)5-2/h9-10H,4-8,12H2,1-3H3. The molecule has 13 heavy (non-hydrogen) atoms. The van der Waals surface area contributed by atoms with E-state index in [1.165, 1.54) is 0 Å². The van der Waals surface area contributed by atoms with Gasteiger partial charge in [0.1, 0.15) is 5.78 Å². The van der Waals surface area contributed by atoms with Gasteiger partial charge in [-0.05, 0) is 12.3 Å². The molecule has 2 atom stereocenters. The minimum absolute atomic E-state index is 0.0707. The van der Waals surface area contributed by atoms with Crippen LogP contribution in [0.2, 0.25) is 0 Å². The van der Waals surface area contributed by atoms with Crippen molar-refractivity contribution in [2.24, 2.45) is 11.7 Å². The van der Waals surface area contributed by atoms with E-state index in [9.17, 15) is 4.79 Å². The maximum Gasteiger partial charge on any atom is 0.134 e. The number of hydrogen-bond acceptors (Lipinski definition) is 2. The Morgan fingerprint density at radius 3 is 2.38 bits per heavy atom. The Hall–Kier alpha value is -0.370. The van der Waals surface area contributed by atoms with Gasteiger partial charge in [-0.2, -0.15) is 0 Å². The topological polar surface area (TPSA) is 43.1 Å². The van der Waals surface area contributed by atoms with Crippen LogP contribution in [-0.2, 0) is 4.79 Å². The lowest BCUT2D eigenvalue weighted by atomic mass is 9.96. The van der Waals surface area contributed by atoms with Gasteiger partial charge in [-0.15, -0.1) is 0 Å². The lowest BCUT2D eigenvalue weighted by Gasteiger charge is -2.11. The molecule has 0 radical (unpaired) electrons. The summed E-state index contributed by atoms with van der Waals surface area (Å²) in [5, 5.41) is 0. The summed E-state index contributed by atoms with van der Waals surface area (Å²) in [7, 11) is 0. The Labute approximate surface area is 81.9 Å². The van der Waals surface area contributed by atoms with Gasteiger partial charge in [0.2, 0.25) is 0 Å². The minimum Gasteiger partial charge on any atom is -0.327 e. The number of nitrogens with two attached hydrogens (primary N) is 1. The van der Waals surface area contributed by atoms with Crippen molar-refractivity contribution in [3.05, 3.63) is 0 Å². The fourth-order valence-corrected chi connectivity index (χ4v) is 1.50. The summed E-state index contributed by atoms with van der Waals surface area (Å²) >= 11 is 0. The summed E-state index contributed by atoms with van der Waals surface area (Å²) in [6.45, 7) is 6.31. The van der Waals surface area contributed by atoms with Crippen LogP contribution in [0.5, 0.6) is 0 Å². The maximum atomic E-state index is 11.4. The van der Waals surface area contributed by atoms with E-state index in [0.717, 1.165) is 19.3 Å². The van der Waals surface area contributed by atoms with E-state index in [2.05, 4.69) is 13.8 Å². The molecule has 0 bridgehead atoms. The monoisotopic (exact) mass is 185 g/mol. The molecule has 0 spiro atoms. The van der Waals surface area contributed by atoms with Gasteiger partial charge in [0, 0.05) is 18.9 Å². The molecule has 0 amide bonds. The first-order chi connectivity index (χ1) is 6.10. The van der Waals surface area contributed by atoms with E-state index in [0.29, 0.717) is 24.5 Å². The molecule has 0 aromatic heterocycles. The third-order valence-electron chi connectivity index (χ3n) is 2.37. The van der Waals surface area contributed by atoms with E-state index >= 15 is 0 Å². The minimum atomic E-state index is 0.0707. The summed E-state index contributed by atoms with van der Waals surface area (Å²) in [6, 6.07) is 0.0707. The normalized spacial score (nSPS) is 15.4. The van der Waals surface area contributed by atoms with Gasteiger partial charge < -0.3 is 5.73 Å². The highest BCUT2D eigenvalue weighted by atomic mass is 16.1. The van der Waals surface area contributed by atoms with Crippen molar-refractivity contribution in [1.82, 2.24) is 0 Å². The highest BCUT2D eigenvalue weighted by molar-refractivity contribution is 5.79. The van der Waals surface area contributed by atoms with Gasteiger partial charge in [0.15, 0.2) is 0 Å². The Bertz CT molecular complexity index is 145. The molecule has 2 heteroatoms. The molecule has 0 aromatic rings. The maximum absolute atomic E-state index is 11.4. The van der Waals surface area contributed by atoms with E-state index in [-0.39, 0.29) is 6.04 Å². The average molecular weight is 185 g/mol. The van der Waals surface area contributed by atoms with Crippen LogP contribution in [0.1, 0.15) is 52.9 Å². The molecule has 0 fully saturated rings. The van der Waals surface area contributed by atoms with Crippen LogP contribution in [-0.4, -0.2) is 11.8 Å². The summed E-state index contributed by atoms with van der Waals surface area (Å²) in [5.74, 6) is 0.858. The SMILES string of the molecule is CCCC(C)CC(=O)CC(N)CC. The molecule has 2 unspecified atom stereocenters. The van der Waals surface area contributed by atoms with Gasteiger partial charge in [0.05, 0.1) is 0 Å². The van der Waals surface area contributed by atoms with Gasteiger partial charge in [-0.1, -0.05) is 33.6 Å². The molecule has 0 aliphatic rings. The predicted octanol–water partition coefficient (Wildman–Crippen LogP) is 2.51. The molecule has 0 saturated carbocycles. The fourth-order valence-electron chi connectivity index (χ4n) is 1.50. The molecule has 0 heterocycles. The zero-order chi connectivity index (χ0) is 10.3.